The van der Waals surface area contributed by atoms with Crippen LogP contribution in [0.5, 0.6) is 5.75 Å². The van der Waals surface area contributed by atoms with E-state index in [9.17, 15) is 0 Å². The molecule has 14 heavy (non-hydrogen) atoms. The lowest BCUT2D eigenvalue weighted by Crippen LogP contribution is -1.86. The molecule has 1 heterocycles. The fraction of sp³-hybridized carbons (Fsp3) is 0.100. The minimum atomic E-state index is 0.130. The average Bonchev–Trinajstić information content (AvgIpc) is 2.65. The molecule has 0 unspecified atom stereocenters. The zero-order valence-electron chi connectivity index (χ0n) is 7.53. The molecule has 0 aliphatic heterocycles. The minimum absolute atomic E-state index is 0.130. The monoisotopic (exact) mass is 209 g/mol. The van der Waals surface area contributed by atoms with Gasteiger partial charge in [0.05, 0.1) is 7.11 Å². The second kappa shape index (κ2) is 3.72. The number of rotatable bonds is 2. The van der Waals surface area contributed by atoms with Gasteiger partial charge >= 0.3 is 0 Å². The van der Waals surface area contributed by atoms with E-state index in [0.717, 1.165) is 11.3 Å². The molecule has 0 radical (unpaired) electrons. The van der Waals surface area contributed by atoms with Crippen LogP contribution < -0.4 is 4.74 Å². The van der Waals surface area contributed by atoms with Gasteiger partial charge in [-0.05, 0) is 23.7 Å². The van der Waals surface area contributed by atoms with Crippen LogP contribution in [0, 0.1) is 0 Å². The first-order valence-electron chi connectivity index (χ1n) is 4.05. The highest BCUT2D eigenvalue weighted by molar-refractivity contribution is 6.27. The summed E-state index contributed by atoms with van der Waals surface area (Å²) in [4.78, 5) is 4.01. The number of benzene rings is 1. The average molecular weight is 210 g/mol. The lowest BCUT2D eigenvalue weighted by Gasteiger charge is -2.03. The largest absolute Gasteiger partial charge is 0.496 e. The van der Waals surface area contributed by atoms with Gasteiger partial charge in [0, 0.05) is 5.56 Å². The number of ether oxygens (including phenoxy) is 1. The standard InChI is InChI=1S/C10H8ClNO2/c1-13-9-5-3-2-4-7(9)8-6-14-10(11)12-8/h2-6H,1H3. The van der Waals surface area contributed by atoms with Crippen molar-refractivity contribution in [3.63, 3.8) is 0 Å². The van der Waals surface area contributed by atoms with E-state index in [1.165, 1.54) is 6.26 Å². The molecule has 0 saturated heterocycles. The molecular weight excluding hydrogens is 202 g/mol. The van der Waals surface area contributed by atoms with E-state index in [2.05, 4.69) is 4.98 Å². The maximum Gasteiger partial charge on any atom is 0.292 e. The predicted octanol–water partition coefficient (Wildman–Crippen LogP) is 3.00. The molecule has 0 spiro atoms. The van der Waals surface area contributed by atoms with Crippen molar-refractivity contribution < 1.29 is 9.15 Å². The van der Waals surface area contributed by atoms with Gasteiger partial charge in [0.15, 0.2) is 0 Å². The topological polar surface area (TPSA) is 35.3 Å². The van der Waals surface area contributed by atoms with Gasteiger partial charge in [-0.15, -0.1) is 0 Å². The second-order valence-corrected chi connectivity index (χ2v) is 3.01. The predicted molar refractivity (Wildman–Crippen MR) is 53.5 cm³/mol. The van der Waals surface area contributed by atoms with Gasteiger partial charge in [-0.25, -0.2) is 0 Å². The van der Waals surface area contributed by atoms with E-state index < -0.39 is 0 Å². The first kappa shape index (κ1) is 9.09. The zero-order chi connectivity index (χ0) is 9.97. The van der Waals surface area contributed by atoms with E-state index in [1.54, 1.807) is 7.11 Å². The normalized spacial score (nSPS) is 10.1. The maximum absolute atomic E-state index is 5.59. The van der Waals surface area contributed by atoms with Crippen LogP contribution in [0.15, 0.2) is 34.9 Å². The van der Waals surface area contributed by atoms with Crippen molar-refractivity contribution in [2.75, 3.05) is 7.11 Å². The number of halogens is 1. The van der Waals surface area contributed by atoms with Gasteiger partial charge < -0.3 is 9.15 Å². The van der Waals surface area contributed by atoms with Crippen LogP contribution in [0.3, 0.4) is 0 Å². The summed E-state index contributed by atoms with van der Waals surface area (Å²) in [7, 11) is 1.61. The number of para-hydroxylation sites is 1. The Kier molecular flexibility index (Phi) is 2.41. The Hall–Kier alpha value is -1.48. The van der Waals surface area contributed by atoms with Crippen LogP contribution >= 0.6 is 11.6 Å². The fourth-order valence-electron chi connectivity index (χ4n) is 1.23. The molecule has 0 amide bonds. The van der Waals surface area contributed by atoms with E-state index in [0.29, 0.717) is 5.69 Å². The summed E-state index contributed by atoms with van der Waals surface area (Å²) in [5.41, 5.74) is 1.54. The number of hydrogen-bond donors (Lipinski definition) is 0. The molecule has 0 aliphatic carbocycles. The maximum atomic E-state index is 5.59. The molecule has 1 aromatic carbocycles. The summed E-state index contributed by atoms with van der Waals surface area (Å²) in [6.45, 7) is 0. The number of aromatic nitrogens is 1. The third-order valence-electron chi connectivity index (χ3n) is 1.86. The molecular formula is C10H8ClNO2. The molecule has 4 heteroatoms. The number of methoxy groups -OCH3 is 1. The SMILES string of the molecule is COc1ccccc1-c1coc(Cl)n1. The van der Waals surface area contributed by atoms with Crippen LogP contribution in [-0.2, 0) is 0 Å². The molecule has 0 saturated carbocycles. The first-order chi connectivity index (χ1) is 6.81. The highest BCUT2D eigenvalue weighted by atomic mass is 35.5. The Balaban J connectivity index is 2.50. The molecule has 0 N–H and O–H groups in total. The van der Waals surface area contributed by atoms with Crippen LogP contribution in [0.2, 0.25) is 5.35 Å². The number of nitrogens with zero attached hydrogens (tertiary/aromatic N) is 1. The van der Waals surface area contributed by atoms with E-state index in [1.807, 2.05) is 24.3 Å². The van der Waals surface area contributed by atoms with E-state index in [4.69, 9.17) is 20.8 Å². The summed E-state index contributed by atoms with van der Waals surface area (Å²) in [6.07, 6.45) is 1.50. The summed E-state index contributed by atoms with van der Waals surface area (Å²) in [6, 6.07) is 7.55. The summed E-state index contributed by atoms with van der Waals surface area (Å²) in [5.74, 6) is 0.748. The van der Waals surface area contributed by atoms with Gasteiger partial charge in [0.25, 0.3) is 5.35 Å². The van der Waals surface area contributed by atoms with Gasteiger partial charge in [0.1, 0.15) is 17.7 Å². The number of hydrogen-bond acceptors (Lipinski definition) is 3. The molecule has 72 valence electrons. The highest BCUT2D eigenvalue weighted by Gasteiger charge is 2.08. The molecule has 0 atom stereocenters. The van der Waals surface area contributed by atoms with Gasteiger partial charge in [-0.2, -0.15) is 4.98 Å². The van der Waals surface area contributed by atoms with E-state index in [-0.39, 0.29) is 5.35 Å². The third kappa shape index (κ3) is 1.59. The Labute approximate surface area is 86.3 Å². The van der Waals surface area contributed by atoms with Crippen molar-refractivity contribution in [3.8, 4) is 17.0 Å². The Morgan fingerprint density at radius 1 is 1.36 bits per heavy atom. The van der Waals surface area contributed by atoms with Crippen LogP contribution in [0.1, 0.15) is 0 Å². The molecule has 2 aromatic rings. The van der Waals surface area contributed by atoms with Crippen LogP contribution in [0.4, 0.5) is 0 Å². The highest BCUT2D eigenvalue weighted by Crippen LogP contribution is 2.29. The van der Waals surface area contributed by atoms with Crippen molar-refractivity contribution in [1.82, 2.24) is 4.98 Å². The van der Waals surface area contributed by atoms with Crippen molar-refractivity contribution in [3.05, 3.63) is 35.9 Å². The van der Waals surface area contributed by atoms with Gasteiger partial charge in [-0.3, -0.25) is 0 Å². The van der Waals surface area contributed by atoms with Crippen LogP contribution in [0.25, 0.3) is 11.3 Å². The van der Waals surface area contributed by atoms with Crippen molar-refractivity contribution in [2.24, 2.45) is 0 Å². The Morgan fingerprint density at radius 3 is 2.79 bits per heavy atom. The summed E-state index contributed by atoms with van der Waals surface area (Å²) in [5, 5.41) is 0.130. The molecule has 0 bridgehead atoms. The molecule has 0 fully saturated rings. The fourth-order valence-corrected chi connectivity index (χ4v) is 1.37. The van der Waals surface area contributed by atoms with Gasteiger partial charge in [-0.1, -0.05) is 12.1 Å². The first-order valence-corrected chi connectivity index (χ1v) is 4.43. The molecule has 3 nitrogen and oxygen atoms in total. The zero-order valence-corrected chi connectivity index (χ0v) is 8.28. The van der Waals surface area contributed by atoms with Crippen molar-refractivity contribution in [1.29, 1.82) is 0 Å². The quantitative estimate of drug-likeness (QED) is 0.763. The molecule has 1 aromatic heterocycles. The Bertz CT molecular complexity index is 439. The summed E-state index contributed by atoms with van der Waals surface area (Å²) >= 11 is 5.59. The van der Waals surface area contributed by atoms with Crippen molar-refractivity contribution in [2.45, 2.75) is 0 Å². The summed E-state index contributed by atoms with van der Waals surface area (Å²) < 4.78 is 10.1. The molecule has 0 aliphatic rings. The smallest absolute Gasteiger partial charge is 0.292 e. The molecule has 2 rings (SSSR count). The Morgan fingerprint density at radius 2 is 2.14 bits per heavy atom. The lowest BCUT2D eigenvalue weighted by molar-refractivity contribution is 0.416. The second-order valence-electron chi connectivity index (χ2n) is 2.69. The van der Waals surface area contributed by atoms with Crippen molar-refractivity contribution >= 4 is 11.6 Å². The van der Waals surface area contributed by atoms with E-state index >= 15 is 0 Å². The third-order valence-corrected chi connectivity index (χ3v) is 2.03. The minimum Gasteiger partial charge on any atom is -0.496 e. The van der Waals surface area contributed by atoms with Gasteiger partial charge in [0.2, 0.25) is 0 Å². The lowest BCUT2D eigenvalue weighted by atomic mass is 10.1. The number of oxazole rings is 1. The van der Waals surface area contributed by atoms with Crippen LogP contribution in [-0.4, -0.2) is 12.1 Å².